The van der Waals surface area contributed by atoms with Crippen molar-refractivity contribution in [3.63, 3.8) is 0 Å². The third-order valence-corrected chi connectivity index (χ3v) is 6.80. The minimum Gasteiger partial charge on any atom is -0.366 e. The number of para-hydroxylation sites is 3. The van der Waals surface area contributed by atoms with Gasteiger partial charge in [-0.15, -0.1) is 0 Å². The van der Waals surface area contributed by atoms with Crippen molar-refractivity contribution in [3.8, 4) is 0 Å². The average Bonchev–Trinajstić information content (AvgIpc) is 3.18. The van der Waals surface area contributed by atoms with Crippen LogP contribution in [0, 0.1) is 5.82 Å². The molecule has 1 aromatic heterocycles. The van der Waals surface area contributed by atoms with Crippen LogP contribution >= 0.6 is 23.2 Å². The summed E-state index contributed by atoms with van der Waals surface area (Å²) < 4.78 is 16.1. The Morgan fingerprint density at radius 2 is 1.68 bits per heavy atom. The Bertz CT molecular complexity index is 1350. The highest BCUT2D eigenvalue weighted by Gasteiger charge is 2.24. The molecule has 0 N–H and O–H groups in total. The lowest BCUT2D eigenvalue weighted by molar-refractivity contribution is -0.132. The molecule has 34 heavy (non-hydrogen) atoms. The topological polar surface area (TPSA) is 41.4 Å². The number of hydrogen-bond donors (Lipinski definition) is 0. The first-order valence-corrected chi connectivity index (χ1v) is 11.9. The van der Waals surface area contributed by atoms with Crippen molar-refractivity contribution < 1.29 is 9.18 Å². The van der Waals surface area contributed by atoms with E-state index in [1.807, 2.05) is 50.8 Å². The summed E-state index contributed by atoms with van der Waals surface area (Å²) in [5, 5.41) is 1.15. The van der Waals surface area contributed by atoms with Crippen molar-refractivity contribution in [2.24, 2.45) is 0 Å². The maximum absolute atomic E-state index is 14.2. The van der Waals surface area contributed by atoms with E-state index in [9.17, 15) is 9.18 Å². The number of nitrogens with zero attached hydrogens (tertiary/aromatic N) is 4. The first-order valence-electron chi connectivity index (χ1n) is 11.1. The SMILES string of the molecule is O=C(Cn1c(Cc2ccc(Cl)cc2Cl)nc2ccccc21)N1CCN(c2ccccc2F)CC1. The number of benzene rings is 3. The Balaban J connectivity index is 1.35. The number of imidazole rings is 1. The molecule has 1 aliphatic rings. The lowest BCUT2D eigenvalue weighted by Gasteiger charge is -2.36. The van der Waals surface area contributed by atoms with E-state index in [-0.39, 0.29) is 18.3 Å². The summed E-state index contributed by atoms with van der Waals surface area (Å²) in [6.07, 6.45) is 0.485. The number of piperazine rings is 1. The molecule has 0 radical (unpaired) electrons. The summed E-state index contributed by atoms with van der Waals surface area (Å²) in [5.74, 6) is 0.543. The maximum Gasteiger partial charge on any atom is 0.242 e. The minimum absolute atomic E-state index is 0.0137. The molecule has 1 aliphatic heterocycles. The standard InChI is InChI=1S/C26H23Cl2FN4O/c27-19-10-9-18(20(28)16-19)15-25-30-22-6-2-4-8-24(22)33(25)17-26(34)32-13-11-31(12-14-32)23-7-3-1-5-21(23)29/h1-10,16H,11-15,17H2. The fourth-order valence-electron chi connectivity index (χ4n) is 4.41. The molecule has 0 atom stereocenters. The van der Waals surface area contributed by atoms with Crippen LogP contribution in [0.15, 0.2) is 66.7 Å². The highest BCUT2D eigenvalue weighted by atomic mass is 35.5. The summed E-state index contributed by atoms with van der Waals surface area (Å²) in [6.45, 7) is 2.44. The highest BCUT2D eigenvalue weighted by molar-refractivity contribution is 6.35. The monoisotopic (exact) mass is 496 g/mol. The van der Waals surface area contributed by atoms with Gasteiger partial charge < -0.3 is 14.4 Å². The van der Waals surface area contributed by atoms with E-state index in [1.165, 1.54) is 6.07 Å². The number of anilines is 1. The highest BCUT2D eigenvalue weighted by Crippen LogP contribution is 2.26. The molecule has 0 unspecified atom stereocenters. The zero-order valence-electron chi connectivity index (χ0n) is 18.4. The number of rotatable bonds is 5. The molecule has 8 heteroatoms. The molecule has 174 valence electrons. The van der Waals surface area contributed by atoms with Crippen LogP contribution in [0.5, 0.6) is 0 Å². The molecule has 5 nitrogen and oxygen atoms in total. The van der Waals surface area contributed by atoms with Gasteiger partial charge in [-0.25, -0.2) is 9.37 Å². The molecule has 1 fully saturated rings. The van der Waals surface area contributed by atoms with Gasteiger partial charge in [-0.1, -0.05) is 53.5 Å². The van der Waals surface area contributed by atoms with Crippen molar-refractivity contribution in [1.29, 1.82) is 0 Å². The average molecular weight is 497 g/mol. The minimum atomic E-state index is -0.238. The molecule has 2 heterocycles. The van der Waals surface area contributed by atoms with Gasteiger partial charge in [0, 0.05) is 42.6 Å². The Kier molecular flexibility index (Phi) is 6.44. The summed E-state index contributed by atoms with van der Waals surface area (Å²) in [6, 6.07) is 19.9. The molecule has 0 aliphatic carbocycles. The molecule has 0 saturated carbocycles. The Labute approximate surface area is 207 Å². The van der Waals surface area contributed by atoms with E-state index in [2.05, 4.69) is 0 Å². The summed E-state index contributed by atoms with van der Waals surface area (Å²) >= 11 is 12.5. The number of amides is 1. The Morgan fingerprint density at radius 1 is 0.941 bits per heavy atom. The van der Waals surface area contributed by atoms with E-state index in [0.717, 1.165) is 22.4 Å². The van der Waals surface area contributed by atoms with Crippen molar-refractivity contribution >= 4 is 45.8 Å². The van der Waals surface area contributed by atoms with Crippen LogP contribution in [-0.2, 0) is 17.8 Å². The van der Waals surface area contributed by atoms with Crippen molar-refractivity contribution in [3.05, 3.63) is 94.0 Å². The van der Waals surface area contributed by atoms with Crippen LogP contribution in [0.2, 0.25) is 10.0 Å². The predicted octanol–water partition coefficient (Wildman–Crippen LogP) is 5.42. The second kappa shape index (κ2) is 9.65. The van der Waals surface area contributed by atoms with Crippen molar-refractivity contribution in [2.45, 2.75) is 13.0 Å². The Morgan fingerprint density at radius 3 is 2.44 bits per heavy atom. The van der Waals surface area contributed by atoms with E-state index >= 15 is 0 Å². The maximum atomic E-state index is 14.2. The summed E-state index contributed by atoms with van der Waals surface area (Å²) in [7, 11) is 0. The molecule has 5 rings (SSSR count). The normalized spacial score (nSPS) is 14.1. The molecule has 1 saturated heterocycles. The zero-order chi connectivity index (χ0) is 23.7. The van der Waals surface area contributed by atoms with Crippen LogP contribution in [-0.4, -0.2) is 46.5 Å². The lowest BCUT2D eigenvalue weighted by atomic mass is 10.1. The van der Waals surface area contributed by atoms with Crippen molar-refractivity contribution in [2.75, 3.05) is 31.1 Å². The van der Waals surface area contributed by atoms with Crippen LogP contribution in [0.3, 0.4) is 0 Å². The quantitative estimate of drug-likeness (QED) is 0.370. The van der Waals surface area contributed by atoms with Crippen LogP contribution in [0.1, 0.15) is 11.4 Å². The van der Waals surface area contributed by atoms with Gasteiger partial charge in [0.2, 0.25) is 5.91 Å². The lowest BCUT2D eigenvalue weighted by Crippen LogP contribution is -2.49. The molecule has 4 aromatic rings. The van der Waals surface area contributed by atoms with Crippen LogP contribution < -0.4 is 4.90 Å². The van der Waals surface area contributed by atoms with Gasteiger partial charge in [0.25, 0.3) is 0 Å². The molecule has 1 amide bonds. The van der Waals surface area contributed by atoms with Crippen LogP contribution in [0.4, 0.5) is 10.1 Å². The zero-order valence-corrected chi connectivity index (χ0v) is 19.9. The first kappa shape index (κ1) is 22.7. The number of halogens is 3. The van der Waals surface area contributed by atoms with Crippen LogP contribution in [0.25, 0.3) is 11.0 Å². The van der Waals surface area contributed by atoms with Gasteiger partial charge in [-0.05, 0) is 42.0 Å². The second-order valence-electron chi connectivity index (χ2n) is 8.33. The number of carbonyl (C=O) groups excluding carboxylic acids is 1. The molecule has 3 aromatic carbocycles. The second-order valence-corrected chi connectivity index (χ2v) is 9.18. The van der Waals surface area contributed by atoms with Gasteiger partial charge in [0.15, 0.2) is 0 Å². The number of aromatic nitrogens is 2. The molecular formula is C26H23Cl2FN4O. The fraction of sp³-hybridized carbons (Fsp3) is 0.231. The predicted molar refractivity (Wildman–Crippen MR) is 134 cm³/mol. The van der Waals surface area contributed by atoms with Gasteiger partial charge in [-0.3, -0.25) is 4.79 Å². The molecular weight excluding hydrogens is 474 g/mol. The van der Waals surface area contributed by atoms with E-state index < -0.39 is 0 Å². The molecule has 0 spiro atoms. The van der Waals surface area contributed by atoms with Gasteiger partial charge >= 0.3 is 0 Å². The first-order chi connectivity index (χ1) is 16.5. The summed E-state index contributed by atoms with van der Waals surface area (Å²) in [5.41, 5.74) is 3.21. The molecule has 0 bridgehead atoms. The van der Waals surface area contributed by atoms with E-state index in [1.54, 1.807) is 24.3 Å². The van der Waals surface area contributed by atoms with Gasteiger partial charge in [0.1, 0.15) is 18.2 Å². The van der Waals surface area contributed by atoms with Gasteiger partial charge in [0.05, 0.1) is 16.7 Å². The Hall–Kier alpha value is -3.09. The fourth-order valence-corrected chi connectivity index (χ4v) is 4.89. The van der Waals surface area contributed by atoms with E-state index in [4.69, 9.17) is 28.2 Å². The van der Waals surface area contributed by atoms with Crippen molar-refractivity contribution in [1.82, 2.24) is 14.5 Å². The third kappa shape index (κ3) is 4.61. The third-order valence-electron chi connectivity index (χ3n) is 6.22. The summed E-state index contributed by atoms with van der Waals surface area (Å²) in [4.78, 5) is 21.9. The number of carbonyl (C=O) groups is 1. The number of fused-ring (bicyclic) bond motifs is 1. The number of hydrogen-bond acceptors (Lipinski definition) is 3. The van der Waals surface area contributed by atoms with E-state index in [0.29, 0.717) is 48.3 Å². The smallest absolute Gasteiger partial charge is 0.242 e. The van der Waals surface area contributed by atoms with Gasteiger partial charge in [-0.2, -0.15) is 0 Å². The largest absolute Gasteiger partial charge is 0.366 e.